The maximum Gasteiger partial charge on any atom is 0.417 e. The highest BCUT2D eigenvalue weighted by Gasteiger charge is 2.49. The Labute approximate surface area is 274 Å². The third kappa shape index (κ3) is 4.83. The van der Waals surface area contributed by atoms with Crippen LogP contribution in [0, 0.1) is 78.5 Å². The molecule has 0 fully saturated rings. The Kier molecular flexibility index (Phi) is 7.88. The average Bonchev–Trinajstić information content (AvgIpc) is 3.54. The largest absolute Gasteiger partial charge is 0.417 e. The van der Waals surface area contributed by atoms with Crippen molar-refractivity contribution in [1.82, 2.24) is 0 Å². The summed E-state index contributed by atoms with van der Waals surface area (Å²) in [5.41, 5.74) is -12.1. The number of fused-ring (bicyclic) bond motifs is 2. The van der Waals surface area contributed by atoms with Gasteiger partial charge in [-0.05, 0) is 64.6 Å². The molecular formula is C36H9F5N8. The van der Waals surface area contributed by atoms with Crippen LogP contribution in [0.15, 0.2) is 48.1 Å². The first-order valence-corrected chi connectivity index (χ1v) is 13.3. The first-order chi connectivity index (χ1) is 23.3. The molecule has 0 spiro atoms. The predicted octanol–water partition coefficient (Wildman–Crippen LogP) is 9.87. The molecule has 3 aromatic carbocycles. The van der Waals surface area contributed by atoms with Crippen LogP contribution in [0.1, 0.15) is 55.6 Å². The molecule has 8 nitrogen and oxygen atoms in total. The molecule has 0 radical (unpaired) electrons. The van der Waals surface area contributed by atoms with Gasteiger partial charge in [-0.3, -0.25) is 0 Å². The summed E-state index contributed by atoms with van der Waals surface area (Å²) in [7, 11) is 0. The first kappa shape index (κ1) is 32.6. The quantitative estimate of drug-likeness (QED) is 0.156. The third-order valence-electron chi connectivity index (χ3n) is 7.73. The van der Waals surface area contributed by atoms with Gasteiger partial charge in [0, 0.05) is 27.8 Å². The summed E-state index contributed by atoms with van der Waals surface area (Å²) in [6.07, 6.45) is -5.49. The maximum absolute atomic E-state index is 16.4. The van der Waals surface area contributed by atoms with Gasteiger partial charge in [-0.25, -0.2) is 28.2 Å². The molecule has 2 aliphatic rings. The fraction of sp³-hybridized carbons (Fsp3) is 0.0556. The van der Waals surface area contributed by atoms with Gasteiger partial charge in [0.15, 0.2) is 17.2 Å². The number of rotatable bonds is 2. The molecule has 3 aromatic rings. The van der Waals surface area contributed by atoms with E-state index in [4.69, 9.17) is 26.3 Å². The van der Waals surface area contributed by atoms with Gasteiger partial charge in [0.05, 0.1) is 55.1 Å². The lowest BCUT2D eigenvalue weighted by Crippen LogP contribution is -2.15. The summed E-state index contributed by atoms with van der Waals surface area (Å²) < 4.78 is 78.7. The van der Waals surface area contributed by atoms with Gasteiger partial charge in [-0.2, -0.15) is 34.2 Å². The number of benzene rings is 3. The number of allylic oxidation sites excluding steroid dienone is 6. The molecule has 0 atom stereocenters. The number of hydrogen-bond donors (Lipinski definition) is 0. The molecule has 0 saturated carbocycles. The Morgan fingerprint density at radius 1 is 0.673 bits per heavy atom. The SMILES string of the molecule is [C-]#[N+]C1=C(F)/C(=C(\[N+]#[C-])c2cc(C#N)cc([N+]#[C-])c2)c2c1c(C)c1c(c2C(F)(F)F)C(C#N)=C(F)/C1=C(\C#N)c1cc(C#N)cc([N+]#[C-])c1. The molecule has 5 rings (SSSR count). The van der Waals surface area contributed by atoms with E-state index < -0.39 is 79.3 Å². The van der Waals surface area contributed by atoms with E-state index in [-0.39, 0.29) is 39.2 Å². The minimum atomic E-state index is -5.49. The topological polar surface area (TPSA) is 113 Å². The van der Waals surface area contributed by atoms with Crippen molar-refractivity contribution in [1.29, 1.82) is 21.0 Å². The highest BCUT2D eigenvalue weighted by Crippen LogP contribution is 2.59. The van der Waals surface area contributed by atoms with Gasteiger partial charge < -0.3 is 0 Å². The lowest BCUT2D eigenvalue weighted by molar-refractivity contribution is -0.137. The van der Waals surface area contributed by atoms with Crippen molar-refractivity contribution in [2.45, 2.75) is 13.1 Å². The summed E-state index contributed by atoms with van der Waals surface area (Å²) in [4.78, 5) is 12.8. The van der Waals surface area contributed by atoms with E-state index in [0.29, 0.717) is 0 Å². The van der Waals surface area contributed by atoms with Crippen molar-refractivity contribution in [3.05, 3.63) is 149 Å². The van der Waals surface area contributed by atoms with E-state index in [9.17, 15) is 21.0 Å². The second-order valence-electron chi connectivity index (χ2n) is 10.3. The predicted molar refractivity (Wildman–Crippen MR) is 165 cm³/mol. The van der Waals surface area contributed by atoms with Crippen LogP contribution in [-0.4, -0.2) is 0 Å². The molecule has 13 heteroatoms. The smallest absolute Gasteiger partial charge is 0.238 e. The van der Waals surface area contributed by atoms with Crippen molar-refractivity contribution < 1.29 is 22.0 Å². The van der Waals surface area contributed by atoms with Crippen LogP contribution < -0.4 is 0 Å². The first-order valence-electron chi connectivity index (χ1n) is 13.3. The molecule has 0 amide bonds. The Bertz CT molecular complexity index is 2530. The standard InChI is InChI=1S/C36H9F5N8/c1-16-25-27(24(15-45)32(37)28(25)23(14-44)19-6-17(12-42)8-21(10-19)46-2)31(36(39,40)41)29-26(16)35(49-5)33(38)30(29)34(48-4)20-7-18(13-43)9-22(11-20)47-3/h6-11H,1H3/b28-23+,34-30-. The van der Waals surface area contributed by atoms with Gasteiger partial charge in [-0.15, -0.1) is 0 Å². The molecule has 0 unspecified atom stereocenters. The highest BCUT2D eigenvalue weighted by atomic mass is 19.4. The maximum atomic E-state index is 16.4. The summed E-state index contributed by atoms with van der Waals surface area (Å²) >= 11 is 0. The van der Waals surface area contributed by atoms with Crippen LogP contribution in [-0.2, 0) is 6.18 Å². The fourth-order valence-corrected chi connectivity index (χ4v) is 5.91. The number of nitrogens with zero attached hydrogens (tertiary/aromatic N) is 8. The molecule has 0 bridgehead atoms. The van der Waals surface area contributed by atoms with E-state index in [1.54, 1.807) is 18.2 Å². The van der Waals surface area contributed by atoms with Crippen molar-refractivity contribution in [2.24, 2.45) is 0 Å². The Hall–Kier alpha value is -7.81. The van der Waals surface area contributed by atoms with Gasteiger partial charge in [-0.1, -0.05) is 12.1 Å². The van der Waals surface area contributed by atoms with E-state index >= 15 is 22.0 Å². The average molecular weight is 649 g/mol. The number of alkyl halides is 3. The van der Waals surface area contributed by atoms with Crippen molar-refractivity contribution in [3.63, 3.8) is 0 Å². The number of hydrogen-bond acceptors (Lipinski definition) is 4. The Balaban J connectivity index is 2.07. The molecule has 0 aromatic heterocycles. The van der Waals surface area contributed by atoms with Crippen molar-refractivity contribution in [3.8, 4) is 24.3 Å². The summed E-state index contributed by atoms with van der Waals surface area (Å²) in [5.74, 6) is -3.09. The van der Waals surface area contributed by atoms with Crippen LogP contribution in [0.2, 0.25) is 0 Å². The minimum Gasteiger partial charge on any atom is -0.238 e. The minimum absolute atomic E-state index is 0.134. The van der Waals surface area contributed by atoms with Gasteiger partial charge in [0.1, 0.15) is 18.0 Å². The fourth-order valence-electron chi connectivity index (χ4n) is 5.91. The normalized spacial score (nSPS) is 14.9. The Morgan fingerprint density at radius 2 is 1.24 bits per heavy atom. The van der Waals surface area contributed by atoms with Gasteiger partial charge >= 0.3 is 6.18 Å². The summed E-state index contributed by atoms with van der Waals surface area (Å²) in [6.45, 7) is 31.4. The zero-order valence-corrected chi connectivity index (χ0v) is 24.4. The molecule has 0 aliphatic heterocycles. The molecule has 0 heterocycles. The van der Waals surface area contributed by atoms with E-state index in [0.717, 1.165) is 43.3 Å². The molecule has 228 valence electrons. The number of nitriles is 4. The number of halogens is 5. The summed E-state index contributed by atoms with van der Waals surface area (Å²) in [6, 6.07) is 13.3. The lowest BCUT2D eigenvalue weighted by atomic mass is 9.82. The highest BCUT2D eigenvalue weighted by molar-refractivity contribution is 6.19. The van der Waals surface area contributed by atoms with Crippen LogP contribution >= 0.6 is 0 Å². The Morgan fingerprint density at radius 3 is 1.71 bits per heavy atom. The van der Waals surface area contributed by atoms with Crippen LogP contribution in [0.25, 0.3) is 53.1 Å². The van der Waals surface area contributed by atoms with Crippen molar-refractivity contribution in [2.75, 3.05) is 0 Å². The van der Waals surface area contributed by atoms with Crippen LogP contribution in [0.3, 0.4) is 0 Å². The van der Waals surface area contributed by atoms with E-state index in [2.05, 4.69) is 19.4 Å². The van der Waals surface area contributed by atoms with Crippen LogP contribution in [0.4, 0.5) is 33.3 Å². The molecule has 2 aliphatic carbocycles. The second-order valence-corrected chi connectivity index (χ2v) is 10.3. The monoisotopic (exact) mass is 648 g/mol. The summed E-state index contributed by atoms with van der Waals surface area (Å²) in [5, 5.41) is 39.1. The van der Waals surface area contributed by atoms with Gasteiger partial charge in [0.25, 0.3) is 0 Å². The van der Waals surface area contributed by atoms with E-state index in [1.807, 2.05) is 0 Å². The zero-order chi connectivity index (χ0) is 35.9. The molecule has 49 heavy (non-hydrogen) atoms. The van der Waals surface area contributed by atoms with Crippen LogP contribution in [0.5, 0.6) is 0 Å². The lowest BCUT2D eigenvalue weighted by Gasteiger charge is -2.23. The molecular weight excluding hydrogens is 639 g/mol. The molecule has 0 saturated heterocycles. The second kappa shape index (κ2) is 11.8. The van der Waals surface area contributed by atoms with Gasteiger partial charge in [0.2, 0.25) is 11.4 Å². The zero-order valence-electron chi connectivity index (χ0n) is 24.4. The molecule has 0 N–H and O–H groups in total. The third-order valence-corrected chi connectivity index (χ3v) is 7.73. The van der Waals surface area contributed by atoms with E-state index in [1.165, 1.54) is 6.07 Å². The van der Waals surface area contributed by atoms with Crippen molar-refractivity contribution >= 4 is 45.1 Å².